The average Bonchev–Trinajstić information content (AvgIpc) is 3.04. The molecule has 0 spiro atoms. The minimum atomic E-state index is -1.12. The molecule has 0 saturated heterocycles. The molecule has 0 radical (unpaired) electrons. The van der Waals surface area contributed by atoms with Gasteiger partial charge in [0.15, 0.2) is 0 Å². The van der Waals surface area contributed by atoms with E-state index in [1.807, 2.05) is 24.3 Å². The number of hydrogen-bond donors (Lipinski definition) is 2. The highest BCUT2D eigenvalue weighted by atomic mass is 35.5. The molecule has 0 saturated carbocycles. The predicted molar refractivity (Wildman–Crippen MR) is 104 cm³/mol. The summed E-state index contributed by atoms with van der Waals surface area (Å²) in [5.41, 5.74) is 0.676. The number of aliphatic hydroxyl groups is 1. The largest absolute Gasteiger partial charge is 0.387 e. The normalized spacial score (nSPS) is 17.8. The quantitative estimate of drug-likeness (QED) is 0.649. The molecule has 5 nitrogen and oxygen atoms in total. The van der Waals surface area contributed by atoms with Crippen LogP contribution in [0.25, 0.3) is 0 Å². The fraction of sp³-hybridized carbons (Fsp3) is 0.400. The third kappa shape index (κ3) is 5.19. The first-order valence-electron chi connectivity index (χ1n) is 8.58. The van der Waals surface area contributed by atoms with Gasteiger partial charge in [-0.2, -0.15) is 0 Å². The smallest absolute Gasteiger partial charge is 0.264 e. The Morgan fingerprint density at radius 2 is 2.19 bits per heavy atom. The Morgan fingerprint density at radius 3 is 2.81 bits per heavy atom. The number of benzene rings is 1. The number of halogens is 1. The summed E-state index contributed by atoms with van der Waals surface area (Å²) in [5, 5.41) is 18.2. The van der Waals surface area contributed by atoms with E-state index >= 15 is 0 Å². The molecule has 140 valence electrons. The average molecular weight is 377 g/mol. The third-order valence-electron chi connectivity index (χ3n) is 4.48. The molecule has 0 unspecified atom stereocenters. The maximum atomic E-state index is 12.5. The Labute approximate surface area is 159 Å². The molecule has 1 aliphatic heterocycles. The second-order valence-electron chi connectivity index (χ2n) is 6.58. The summed E-state index contributed by atoms with van der Waals surface area (Å²) in [5.74, 6) is -0.297. The molecule has 2 N–H and O–H groups in total. The van der Waals surface area contributed by atoms with Crippen LogP contribution in [-0.2, 0) is 16.1 Å². The van der Waals surface area contributed by atoms with Crippen molar-refractivity contribution in [3.8, 4) is 0 Å². The van der Waals surface area contributed by atoms with E-state index in [4.69, 9.17) is 16.4 Å². The fourth-order valence-electron chi connectivity index (χ4n) is 2.93. The van der Waals surface area contributed by atoms with E-state index in [0.717, 1.165) is 11.3 Å². The lowest BCUT2D eigenvalue weighted by molar-refractivity contribution is -0.134. The predicted octanol–water partition coefficient (Wildman–Crippen LogP) is 3.42. The second-order valence-corrected chi connectivity index (χ2v) is 7.02. The van der Waals surface area contributed by atoms with E-state index in [2.05, 4.69) is 23.6 Å². The molecule has 1 aromatic rings. The van der Waals surface area contributed by atoms with Crippen molar-refractivity contribution >= 4 is 23.2 Å². The third-order valence-corrected chi connectivity index (χ3v) is 4.72. The molecule has 26 heavy (non-hydrogen) atoms. The number of rotatable bonds is 9. The van der Waals surface area contributed by atoms with Crippen molar-refractivity contribution in [2.45, 2.75) is 50.4 Å². The Balaban J connectivity index is 1.91. The summed E-state index contributed by atoms with van der Waals surface area (Å²) < 4.78 is 0. The van der Waals surface area contributed by atoms with Crippen LogP contribution in [0.4, 0.5) is 0 Å². The van der Waals surface area contributed by atoms with Gasteiger partial charge in [0.1, 0.15) is 0 Å². The van der Waals surface area contributed by atoms with Crippen LogP contribution >= 0.6 is 11.6 Å². The van der Waals surface area contributed by atoms with Gasteiger partial charge in [0.05, 0.1) is 17.4 Å². The molecule has 1 amide bonds. The van der Waals surface area contributed by atoms with E-state index in [1.165, 1.54) is 0 Å². The maximum absolute atomic E-state index is 12.5. The number of oxime groups is 1. The Kier molecular flexibility index (Phi) is 7.00. The zero-order chi connectivity index (χ0) is 19.2. The first-order chi connectivity index (χ1) is 12.4. The Hall–Kier alpha value is -2.11. The van der Waals surface area contributed by atoms with Crippen LogP contribution in [0.1, 0.15) is 31.7 Å². The van der Waals surface area contributed by atoms with Gasteiger partial charge in [-0.3, -0.25) is 4.79 Å². The van der Waals surface area contributed by atoms with Gasteiger partial charge in [-0.1, -0.05) is 41.0 Å². The van der Waals surface area contributed by atoms with Crippen molar-refractivity contribution < 1.29 is 14.7 Å². The van der Waals surface area contributed by atoms with Gasteiger partial charge >= 0.3 is 0 Å². The maximum Gasteiger partial charge on any atom is 0.264 e. The Morgan fingerprint density at radius 1 is 1.50 bits per heavy atom. The van der Waals surface area contributed by atoms with Crippen molar-refractivity contribution in [2.75, 3.05) is 0 Å². The number of nitrogens with zero attached hydrogens (tertiary/aromatic N) is 1. The molecule has 0 aliphatic carbocycles. The summed E-state index contributed by atoms with van der Waals surface area (Å²) in [6.45, 7) is 9.08. The van der Waals surface area contributed by atoms with Crippen LogP contribution < -0.4 is 5.32 Å². The molecule has 1 aliphatic rings. The lowest BCUT2D eigenvalue weighted by Gasteiger charge is -2.33. The zero-order valence-electron chi connectivity index (χ0n) is 15.0. The molecule has 6 heteroatoms. The second kappa shape index (κ2) is 9.01. The molecule has 1 aromatic carbocycles. The van der Waals surface area contributed by atoms with Crippen LogP contribution in [0.5, 0.6) is 0 Å². The SMILES string of the molecule is C=CCC(O)(CC=C)[C@@H](C)NC(=O)[C@@H]1CC(Cc2cccc(Cl)c2)=NO1. The van der Waals surface area contributed by atoms with Crippen LogP contribution in [0, 0.1) is 0 Å². The molecule has 0 bridgehead atoms. The standard InChI is InChI=1S/C20H25ClN2O3/c1-4-9-20(25,10-5-2)14(3)22-19(24)18-13-17(23-26-18)12-15-7-6-8-16(21)11-15/h4-8,11,14,18,25H,1-2,9-10,12-13H2,3H3,(H,22,24)/t14-,18+/m1/s1. The van der Waals surface area contributed by atoms with Crippen molar-refractivity contribution in [1.29, 1.82) is 0 Å². The highest BCUT2D eigenvalue weighted by Gasteiger charge is 2.35. The molecule has 0 fully saturated rings. The summed E-state index contributed by atoms with van der Waals surface area (Å²) >= 11 is 5.99. The molecule has 2 rings (SSSR count). The Bertz CT molecular complexity index is 692. The lowest BCUT2D eigenvalue weighted by Crippen LogP contribution is -2.52. The van der Waals surface area contributed by atoms with Gasteiger partial charge in [0.2, 0.25) is 6.10 Å². The van der Waals surface area contributed by atoms with Crippen molar-refractivity contribution in [2.24, 2.45) is 5.16 Å². The van der Waals surface area contributed by atoms with Crippen LogP contribution in [-0.4, -0.2) is 34.5 Å². The number of carbonyl (C=O) groups is 1. The first-order valence-corrected chi connectivity index (χ1v) is 8.96. The van der Waals surface area contributed by atoms with E-state index in [-0.39, 0.29) is 5.91 Å². The summed E-state index contributed by atoms with van der Waals surface area (Å²) in [6, 6.07) is 7.02. The zero-order valence-corrected chi connectivity index (χ0v) is 15.7. The van der Waals surface area contributed by atoms with Gasteiger partial charge in [0, 0.05) is 17.9 Å². The summed E-state index contributed by atoms with van der Waals surface area (Å²) in [6.07, 6.45) is 4.26. The molecule has 2 atom stereocenters. The lowest BCUT2D eigenvalue weighted by atomic mass is 9.88. The van der Waals surface area contributed by atoms with E-state index < -0.39 is 17.7 Å². The molecule has 0 aromatic heterocycles. The highest BCUT2D eigenvalue weighted by Crippen LogP contribution is 2.22. The summed E-state index contributed by atoms with van der Waals surface area (Å²) in [4.78, 5) is 17.8. The minimum Gasteiger partial charge on any atom is -0.387 e. The van der Waals surface area contributed by atoms with E-state index in [9.17, 15) is 9.90 Å². The van der Waals surface area contributed by atoms with Gasteiger partial charge < -0.3 is 15.3 Å². The van der Waals surface area contributed by atoms with Crippen LogP contribution in [0.3, 0.4) is 0 Å². The first kappa shape index (κ1) is 20.2. The number of nitrogens with one attached hydrogen (secondary N) is 1. The van der Waals surface area contributed by atoms with Crippen molar-refractivity contribution in [1.82, 2.24) is 5.32 Å². The van der Waals surface area contributed by atoms with Gasteiger partial charge in [-0.05, 0) is 37.5 Å². The molecular formula is C20H25ClN2O3. The number of amides is 1. The van der Waals surface area contributed by atoms with Crippen molar-refractivity contribution in [3.63, 3.8) is 0 Å². The monoisotopic (exact) mass is 376 g/mol. The molecular weight excluding hydrogens is 352 g/mol. The van der Waals surface area contributed by atoms with Crippen molar-refractivity contribution in [3.05, 3.63) is 60.2 Å². The molecule has 1 heterocycles. The van der Waals surface area contributed by atoms with Gasteiger partial charge in [-0.25, -0.2) is 0 Å². The van der Waals surface area contributed by atoms with Gasteiger partial charge in [-0.15, -0.1) is 13.2 Å². The highest BCUT2D eigenvalue weighted by molar-refractivity contribution is 6.30. The van der Waals surface area contributed by atoms with E-state index in [0.29, 0.717) is 30.7 Å². The fourth-order valence-corrected chi connectivity index (χ4v) is 3.14. The van der Waals surface area contributed by atoms with Crippen LogP contribution in [0.2, 0.25) is 5.02 Å². The van der Waals surface area contributed by atoms with Gasteiger partial charge in [0.25, 0.3) is 5.91 Å². The number of hydrogen-bond acceptors (Lipinski definition) is 4. The number of carbonyl (C=O) groups excluding carboxylic acids is 1. The summed E-state index contributed by atoms with van der Waals surface area (Å²) in [7, 11) is 0. The van der Waals surface area contributed by atoms with E-state index in [1.54, 1.807) is 19.1 Å². The topological polar surface area (TPSA) is 70.9 Å². The van der Waals surface area contributed by atoms with Crippen LogP contribution in [0.15, 0.2) is 54.7 Å². The minimum absolute atomic E-state index is 0.297.